The summed E-state index contributed by atoms with van der Waals surface area (Å²) in [6.07, 6.45) is 0. The summed E-state index contributed by atoms with van der Waals surface area (Å²) in [5.41, 5.74) is 1.22. The number of hydrogen-bond donors (Lipinski definition) is 1. The number of nitro groups is 1. The summed E-state index contributed by atoms with van der Waals surface area (Å²) in [5, 5.41) is 15.8. The summed E-state index contributed by atoms with van der Waals surface area (Å²) in [5.74, 6) is 0.757. The van der Waals surface area contributed by atoms with Crippen LogP contribution in [0.4, 0.5) is 10.8 Å². The molecule has 9 heteroatoms. The Morgan fingerprint density at radius 1 is 1.15 bits per heavy atom. The molecule has 1 aliphatic rings. The topological polar surface area (TPSA) is 104 Å². The maximum absolute atomic E-state index is 12.4. The van der Waals surface area contributed by atoms with E-state index in [1.807, 2.05) is 18.2 Å². The first-order valence-corrected chi connectivity index (χ1v) is 8.90. The monoisotopic (exact) mass is 383 g/mol. The zero-order valence-electron chi connectivity index (χ0n) is 13.9. The zero-order chi connectivity index (χ0) is 18.8. The van der Waals surface area contributed by atoms with Crippen LogP contribution in [0.25, 0.3) is 11.3 Å². The molecule has 0 atom stereocenters. The molecule has 0 aliphatic carbocycles. The minimum atomic E-state index is -0.586. The van der Waals surface area contributed by atoms with Gasteiger partial charge in [0.15, 0.2) is 16.6 Å². The van der Waals surface area contributed by atoms with Gasteiger partial charge in [-0.2, -0.15) is 0 Å². The molecule has 136 valence electrons. The average molecular weight is 383 g/mol. The molecule has 27 heavy (non-hydrogen) atoms. The Hall–Kier alpha value is -3.46. The Morgan fingerprint density at radius 3 is 2.74 bits per heavy atom. The number of carbonyl (C=O) groups excluding carboxylic acids is 1. The molecule has 1 amide bonds. The van der Waals surface area contributed by atoms with Gasteiger partial charge in [0.05, 0.1) is 10.6 Å². The highest BCUT2D eigenvalue weighted by molar-refractivity contribution is 7.14. The lowest BCUT2D eigenvalue weighted by Gasteiger charge is -2.18. The lowest BCUT2D eigenvalue weighted by atomic mass is 10.1. The molecule has 0 spiro atoms. The number of nitrogens with one attached hydrogen (secondary N) is 1. The average Bonchev–Trinajstić information content (AvgIpc) is 3.16. The third-order valence-corrected chi connectivity index (χ3v) is 4.67. The minimum absolute atomic E-state index is 0.0152. The van der Waals surface area contributed by atoms with Crippen LogP contribution in [-0.4, -0.2) is 29.0 Å². The number of para-hydroxylation sites is 1. The molecule has 0 saturated carbocycles. The van der Waals surface area contributed by atoms with Crippen LogP contribution < -0.4 is 14.8 Å². The van der Waals surface area contributed by atoms with Gasteiger partial charge >= 0.3 is 0 Å². The fourth-order valence-electron chi connectivity index (χ4n) is 2.66. The molecule has 0 unspecified atom stereocenters. The molecule has 3 aromatic rings. The van der Waals surface area contributed by atoms with Crippen LogP contribution in [0.15, 0.2) is 47.8 Å². The number of rotatable bonds is 4. The molecule has 1 N–H and O–H groups in total. The highest BCUT2D eigenvalue weighted by Crippen LogP contribution is 2.35. The number of fused-ring (bicyclic) bond motifs is 1. The van der Waals surface area contributed by atoms with Gasteiger partial charge in [-0.05, 0) is 24.3 Å². The van der Waals surface area contributed by atoms with Gasteiger partial charge in [-0.25, -0.2) is 4.98 Å². The normalized spacial score (nSPS) is 12.4. The summed E-state index contributed by atoms with van der Waals surface area (Å²) in [4.78, 5) is 27.3. The van der Waals surface area contributed by atoms with E-state index < -0.39 is 10.8 Å². The maximum atomic E-state index is 12.4. The molecule has 8 nitrogen and oxygen atoms in total. The lowest BCUT2D eigenvalue weighted by Crippen LogP contribution is -2.15. The van der Waals surface area contributed by atoms with Gasteiger partial charge in [0.1, 0.15) is 18.8 Å². The molecular weight excluding hydrogens is 370 g/mol. The van der Waals surface area contributed by atoms with E-state index in [9.17, 15) is 14.9 Å². The molecule has 0 saturated heterocycles. The quantitative estimate of drug-likeness (QED) is 0.544. The van der Waals surface area contributed by atoms with Crippen LogP contribution in [0, 0.1) is 10.1 Å². The van der Waals surface area contributed by atoms with Gasteiger partial charge in [-0.15, -0.1) is 11.3 Å². The van der Waals surface area contributed by atoms with Crippen molar-refractivity contribution in [2.45, 2.75) is 0 Å². The van der Waals surface area contributed by atoms with Crippen molar-refractivity contribution in [3.05, 3.63) is 63.5 Å². The Morgan fingerprint density at radius 2 is 1.93 bits per heavy atom. The summed E-state index contributed by atoms with van der Waals surface area (Å²) in [6, 6.07) is 11.3. The van der Waals surface area contributed by atoms with E-state index >= 15 is 0 Å². The Bertz CT molecular complexity index is 1030. The van der Waals surface area contributed by atoms with E-state index in [1.165, 1.54) is 29.5 Å². The first kappa shape index (κ1) is 17.0. The van der Waals surface area contributed by atoms with Crippen LogP contribution >= 0.6 is 11.3 Å². The van der Waals surface area contributed by atoms with Crippen molar-refractivity contribution in [1.29, 1.82) is 0 Å². The van der Waals surface area contributed by atoms with Crippen molar-refractivity contribution >= 4 is 28.1 Å². The van der Waals surface area contributed by atoms with Crippen molar-refractivity contribution in [3.8, 4) is 22.8 Å². The summed E-state index contributed by atoms with van der Waals surface area (Å²) >= 11 is 1.23. The lowest BCUT2D eigenvalue weighted by molar-refractivity contribution is -0.385. The van der Waals surface area contributed by atoms with Crippen molar-refractivity contribution in [2.75, 3.05) is 18.5 Å². The molecule has 1 aliphatic heterocycles. The van der Waals surface area contributed by atoms with Crippen molar-refractivity contribution < 1.29 is 19.2 Å². The molecule has 0 fully saturated rings. The first-order valence-electron chi connectivity index (χ1n) is 8.02. The second-order valence-electron chi connectivity index (χ2n) is 5.62. The first-order chi connectivity index (χ1) is 13.1. The van der Waals surface area contributed by atoms with Gasteiger partial charge < -0.3 is 9.47 Å². The summed E-state index contributed by atoms with van der Waals surface area (Å²) < 4.78 is 11.1. The number of ether oxygens (including phenoxy) is 2. The second kappa shape index (κ2) is 7.04. The van der Waals surface area contributed by atoms with E-state index in [1.54, 1.807) is 11.4 Å². The molecule has 1 aromatic heterocycles. The van der Waals surface area contributed by atoms with E-state index in [2.05, 4.69) is 10.3 Å². The number of hydrogen-bond acceptors (Lipinski definition) is 7. The molecule has 0 bridgehead atoms. The second-order valence-corrected chi connectivity index (χ2v) is 6.48. The zero-order valence-corrected chi connectivity index (χ0v) is 14.7. The van der Waals surface area contributed by atoms with Gasteiger partial charge in [-0.3, -0.25) is 20.2 Å². The molecule has 4 rings (SSSR count). The van der Waals surface area contributed by atoms with Gasteiger partial charge in [0, 0.05) is 17.0 Å². The number of anilines is 1. The van der Waals surface area contributed by atoms with E-state index in [-0.39, 0.29) is 11.3 Å². The van der Waals surface area contributed by atoms with Crippen LogP contribution in [0.1, 0.15) is 10.4 Å². The smallest absolute Gasteiger partial charge is 0.282 e. The van der Waals surface area contributed by atoms with Crippen molar-refractivity contribution in [1.82, 2.24) is 4.98 Å². The summed E-state index contributed by atoms with van der Waals surface area (Å²) in [6.45, 7) is 1.01. The number of thiazole rings is 1. The van der Waals surface area contributed by atoms with Crippen molar-refractivity contribution in [3.63, 3.8) is 0 Å². The predicted octanol–water partition coefficient (Wildman–Crippen LogP) is 3.74. The standard InChI is InChI=1S/C18H13N3O5S/c22-17(12-3-1-2-4-14(12)21(23)24)20-18-19-13(10-27-18)11-5-6-15-16(9-11)26-8-7-25-15/h1-6,9-10H,7-8H2,(H,19,20,22). The Balaban J connectivity index is 1.55. The van der Waals surface area contributed by atoms with Gasteiger partial charge in [0.25, 0.3) is 11.6 Å². The van der Waals surface area contributed by atoms with Crippen LogP contribution in [0.5, 0.6) is 11.5 Å². The fourth-order valence-corrected chi connectivity index (χ4v) is 3.37. The number of carbonyl (C=O) groups is 1. The number of aromatic nitrogens is 1. The molecule has 2 heterocycles. The number of benzene rings is 2. The van der Waals surface area contributed by atoms with Crippen LogP contribution in [-0.2, 0) is 0 Å². The van der Waals surface area contributed by atoms with Crippen LogP contribution in [0.3, 0.4) is 0 Å². The largest absolute Gasteiger partial charge is 0.486 e. The predicted molar refractivity (Wildman–Crippen MR) is 99.6 cm³/mol. The molecule has 2 aromatic carbocycles. The van der Waals surface area contributed by atoms with Crippen LogP contribution in [0.2, 0.25) is 0 Å². The number of nitro benzene ring substituents is 1. The van der Waals surface area contributed by atoms with Gasteiger partial charge in [-0.1, -0.05) is 12.1 Å². The third kappa shape index (κ3) is 3.44. The van der Waals surface area contributed by atoms with E-state index in [0.717, 1.165) is 5.56 Å². The SMILES string of the molecule is O=C(Nc1nc(-c2ccc3c(c2)OCCO3)cs1)c1ccccc1[N+](=O)[O-]. The number of amides is 1. The highest BCUT2D eigenvalue weighted by Gasteiger charge is 2.20. The van der Waals surface area contributed by atoms with E-state index in [4.69, 9.17) is 9.47 Å². The molecular formula is C18H13N3O5S. The third-order valence-electron chi connectivity index (χ3n) is 3.91. The molecule has 0 radical (unpaired) electrons. The minimum Gasteiger partial charge on any atom is -0.486 e. The summed E-state index contributed by atoms with van der Waals surface area (Å²) in [7, 11) is 0. The van der Waals surface area contributed by atoms with Gasteiger partial charge in [0.2, 0.25) is 0 Å². The number of nitrogens with zero attached hydrogens (tertiary/aromatic N) is 2. The van der Waals surface area contributed by atoms with E-state index in [0.29, 0.717) is 35.5 Å². The maximum Gasteiger partial charge on any atom is 0.282 e. The Kier molecular flexibility index (Phi) is 4.43. The Labute approximate surface area is 157 Å². The highest BCUT2D eigenvalue weighted by atomic mass is 32.1. The van der Waals surface area contributed by atoms with Crippen molar-refractivity contribution in [2.24, 2.45) is 0 Å². The fraction of sp³-hybridized carbons (Fsp3) is 0.111.